The van der Waals surface area contributed by atoms with Crippen molar-refractivity contribution in [3.05, 3.63) is 87.6 Å². The van der Waals surface area contributed by atoms with Crippen LogP contribution in [0, 0.1) is 6.92 Å². The zero-order chi connectivity index (χ0) is 26.0. The SMILES string of the molecule is CCCN(CC(=O)N1CCc2sccc2[C@H]1COc1ccc(C)cc1)C[C@H](O)COCc1ccccc1. The molecule has 1 aliphatic heterocycles. The van der Waals surface area contributed by atoms with Gasteiger partial charge >= 0.3 is 0 Å². The Hall–Kier alpha value is -2.71. The number of aryl methyl sites for hydroxylation is 1. The molecule has 2 heterocycles. The molecule has 1 N–H and O–H groups in total. The van der Waals surface area contributed by atoms with Crippen LogP contribution in [-0.4, -0.2) is 66.3 Å². The van der Waals surface area contributed by atoms with Gasteiger partial charge in [-0.25, -0.2) is 0 Å². The predicted octanol–water partition coefficient (Wildman–Crippen LogP) is 4.85. The summed E-state index contributed by atoms with van der Waals surface area (Å²) in [6.45, 7) is 7.34. The van der Waals surface area contributed by atoms with Gasteiger partial charge in [-0.3, -0.25) is 9.69 Å². The normalized spacial score (nSPS) is 16.0. The van der Waals surface area contributed by atoms with E-state index in [0.717, 1.165) is 30.7 Å². The van der Waals surface area contributed by atoms with Crippen LogP contribution in [0.1, 0.15) is 41.0 Å². The molecule has 2 atom stereocenters. The minimum absolute atomic E-state index is 0.0696. The van der Waals surface area contributed by atoms with Crippen molar-refractivity contribution >= 4 is 17.2 Å². The minimum Gasteiger partial charge on any atom is -0.491 e. The highest BCUT2D eigenvalue weighted by molar-refractivity contribution is 7.10. The number of carbonyl (C=O) groups excluding carboxylic acids is 1. The lowest BCUT2D eigenvalue weighted by Crippen LogP contribution is -2.48. The van der Waals surface area contributed by atoms with Crippen LogP contribution in [0.3, 0.4) is 0 Å². The van der Waals surface area contributed by atoms with E-state index in [4.69, 9.17) is 9.47 Å². The molecule has 6 nitrogen and oxygen atoms in total. The monoisotopic (exact) mass is 522 g/mol. The number of fused-ring (bicyclic) bond motifs is 1. The second-order valence-electron chi connectivity index (χ2n) is 9.67. The third kappa shape index (κ3) is 7.89. The molecule has 1 aromatic heterocycles. The maximum atomic E-state index is 13.6. The molecular weight excluding hydrogens is 484 g/mol. The van der Waals surface area contributed by atoms with Crippen LogP contribution in [0.25, 0.3) is 0 Å². The van der Waals surface area contributed by atoms with E-state index >= 15 is 0 Å². The van der Waals surface area contributed by atoms with Crippen molar-refractivity contribution in [2.75, 3.05) is 39.4 Å². The smallest absolute Gasteiger partial charge is 0.237 e. The van der Waals surface area contributed by atoms with E-state index in [-0.39, 0.29) is 25.1 Å². The molecule has 0 aliphatic carbocycles. The van der Waals surface area contributed by atoms with Gasteiger partial charge in [-0.05, 0) is 61.0 Å². The van der Waals surface area contributed by atoms with Crippen molar-refractivity contribution in [1.82, 2.24) is 9.80 Å². The van der Waals surface area contributed by atoms with E-state index in [2.05, 4.69) is 25.3 Å². The highest BCUT2D eigenvalue weighted by atomic mass is 32.1. The Balaban J connectivity index is 1.35. The Labute approximate surface area is 224 Å². The number of thiophene rings is 1. The lowest BCUT2D eigenvalue weighted by molar-refractivity contribution is -0.136. The molecule has 37 heavy (non-hydrogen) atoms. The van der Waals surface area contributed by atoms with Crippen molar-refractivity contribution in [1.29, 1.82) is 0 Å². The quantitative estimate of drug-likeness (QED) is 0.348. The number of hydrogen-bond donors (Lipinski definition) is 1. The molecule has 198 valence electrons. The first-order chi connectivity index (χ1) is 18.0. The van der Waals surface area contributed by atoms with Crippen LogP contribution in [0.2, 0.25) is 0 Å². The van der Waals surface area contributed by atoms with E-state index in [9.17, 15) is 9.90 Å². The van der Waals surface area contributed by atoms with Crippen LogP contribution in [0.4, 0.5) is 0 Å². The van der Waals surface area contributed by atoms with Crippen molar-refractivity contribution in [3.63, 3.8) is 0 Å². The lowest BCUT2D eigenvalue weighted by atomic mass is 10.0. The fourth-order valence-electron chi connectivity index (χ4n) is 4.76. The molecule has 1 aliphatic rings. The summed E-state index contributed by atoms with van der Waals surface area (Å²) < 4.78 is 11.9. The minimum atomic E-state index is -0.659. The largest absolute Gasteiger partial charge is 0.491 e. The van der Waals surface area contributed by atoms with Gasteiger partial charge in [-0.15, -0.1) is 11.3 Å². The van der Waals surface area contributed by atoms with Crippen LogP contribution in [-0.2, 0) is 22.6 Å². The molecule has 4 rings (SSSR count). The highest BCUT2D eigenvalue weighted by Crippen LogP contribution is 2.34. The number of benzene rings is 2. The summed E-state index contributed by atoms with van der Waals surface area (Å²) in [5.41, 5.74) is 3.45. The zero-order valence-electron chi connectivity index (χ0n) is 21.8. The fraction of sp³-hybridized carbons (Fsp3) is 0.433. The summed E-state index contributed by atoms with van der Waals surface area (Å²) in [5.74, 6) is 0.881. The number of carbonyl (C=O) groups is 1. The van der Waals surface area contributed by atoms with Gasteiger partial charge in [0.15, 0.2) is 0 Å². The molecule has 3 aromatic rings. The second kappa shape index (κ2) is 13.7. The van der Waals surface area contributed by atoms with Crippen LogP contribution < -0.4 is 4.74 Å². The number of nitrogens with zero attached hydrogens (tertiary/aromatic N) is 2. The van der Waals surface area contributed by atoms with Crippen molar-refractivity contribution in [2.24, 2.45) is 0 Å². The Morgan fingerprint density at radius 1 is 1.16 bits per heavy atom. The van der Waals surface area contributed by atoms with Gasteiger partial charge in [-0.1, -0.05) is 55.0 Å². The molecular formula is C30H38N2O4S. The Morgan fingerprint density at radius 2 is 1.95 bits per heavy atom. The summed E-state index contributed by atoms with van der Waals surface area (Å²) in [4.78, 5) is 18.9. The maximum absolute atomic E-state index is 13.6. The van der Waals surface area contributed by atoms with E-state index in [1.54, 1.807) is 11.3 Å². The van der Waals surface area contributed by atoms with Crippen LogP contribution in [0.15, 0.2) is 66.0 Å². The van der Waals surface area contributed by atoms with Gasteiger partial charge in [0.05, 0.1) is 31.9 Å². The van der Waals surface area contributed by atoms with Gasteiger partial charge < -0.3 is 19.5 Å². The van der Waals surface area contributed by atoms with Crippen molar-refractivity contribution in [2.45, 2.75) is 45.4 Å². The maximum Gasteiger partial charge on any atom is 0.237 e. The van der Waals surface area contributed by atoms with Gasteiger partial charge in [0.2, 0.25) is 5.91 Å². The Morgan fingerprint density at radius 3 is 2.70 bits per heavy atom. The first-order valence-electron chi connectivity index (χ1n) is 13.1. The predicted molar refractivity (Wildman–Crippen MR) is 148 cm³/mol. The van der Waals surface area contributed by atoms with Gasteiger partial charge in [0.25, 0.3) is 0 Å². The van der Waals surface area contributed by atoms with Gasteiger partial charge in [0.1, 0.15) is 12.4 Å². The molecule has 0 saturated heterocycles. The first-order valence-corrected chi connectivity index (χ1v) is 14.0. The first kappa shape index (κ1) is 27.3. The topological polar surface area (TPSA) is 62.2 Å². The molecule has 1 amide bonds. The van der Waals surface area contributed by atoms with Crippen molar-refractivity contribution in [3.8, 4) is 5.75 Å². The van der Waals surface area contributed by atoms with Crippen LogP contribution >= 0.6 is 11.3 Å². The Bertz CT molecular complexity index is 1100. The summed E-state index contributed by atoms with van der Waals surface area (Å²) >= 11 is 1.75. The highest BCUT2D eigenvalue weighted by Gasteiger charge is 2.33. The molecule has 7 heteroatoms. The molecule has 0 spiro atoms. The third-order valence-electron chi connectivity index (χ3n) is 6.63. The van der Waals surface area contributed by atoms with Gasteiger partial charge in [0, 0.05) is 18.0 Å². The van der Waals surface area contributed by atoms with Crippen LogP contribution in [0.5, 0.6) is 5.75 Å². The number of amides is 1. The summed E-state index contributed by atoms with van der Waals surface area (Å²) in [6, 6.07) is 20.0. The number of aliphatic hydroxyl groups excluding tert-OH is 1. The van der Waals surface area contributed by atoms with E-state index < -0.39 is 6.10 Å². The van der Waals surface area contributed by atoms with Crippen molar-refractivity contribution < 1.29 is 19.4 Å². The second-order valence-corrected chi connectivity index (χ2v) is 10.7. The summed E-state index contributed by atoms with van der Waals surface area (Å²) in [5, 5.41) is 12.7. The fourth-order valence-corrected chi connectivity index (χ4v) is 5.68. The number of rotatable bonds is 13. The van der Waals surface area contributed by atoms with E-state index in [0.29, 0.717) is 26.3 Å². The summed E-state index contributed by atoms with van der Waals surface area (Å²) in [7, 11) is 0. The third-order valence-corrected chi connectivity index (χ3v) is 7.63. The van der Waals surface area contributed by atoms with Gasteiger partial charge in [-0.2, -0.15) is 0 Å². The molecule has 0 radical (unpaired) electrons. The lowest BCUT2D eigenvalue weighted by Gasteiger charge is -2.37. The number of hydrogen-bond acceptors (Lipinski definition) is 6. The molecule has 0 unspecified atom stereocenters. The van der Waals surface area contributed by atoms with E-state index in [1.807, 2.05) is 64.4 Å². The molecule has 0 bridgehead atoms. The standard InChI is InChI=1S/C30H38N2O4S/c1-3-15-31(18-25(33)21-35-20-24-7-5-4-6-8-24)19-30(34)32-16-13-29-27(14-17-37-29)28(32)22-36-26-11-9-23(2)10-12-26/h4-12,14,17,25,28,33H,3,13,15-16,18-22H2,1-2H3/t25-,28+/m0/s1. The number of ether oxygens (including phenoxy) is 2. The average Bonchev–Trinajstić information content (AvgIpc) is 3.38. The molecule has 2 aromatic carbocycles. The van der Waals surface area contributed by atoms with E-state index in [1.165, 1.54) is 16.0 Å². The Kier molecular flexibility index (Phi) is 10.1. The number of aliphatic hydroxyl groups is 1. The molecule has 0 saturated carbocycles. The molecule has 0 fully saturated rings. The average molecular weight is 523 g/mol. The zero-order valence-corrected chi connectivity index (χ0v) is 22.7. The summed E-state index contributed by atoms with van der Waals surface area (Å²) in [6.07, 6.45) is 1.11.